The fraction of sp³-hybridized carbons (Fsp3) is 0.235. The summed E-state index contributed by atoms with van der Waals surface area (Å²) >= 11 is 0. The number of methoxy groups -OCH3 is 4. The van der Waals surface area contributed by atoms with Crippen molar-refractivity contribution < 1.29 is 38.7 Å². The first-order valence-corrected chi connectivity index (χ1v) is 13.3. The normalized spacial score (nSPS) is 16.0. The van der Waals surface area contributed by atoms with Crippen LogP contribution in [0.4, 0.5) is 0 Å². The molecule has 8 nitrogen and oxygen atoms in total. The summed E-state index contributed by atoms with van der Waals surface area (Å²) < 4.78 is 21.3. The summed E-state index contributed by atoms with van der Waals surface area (Å²) in [5.74, 6) is 0.201. The van der Waals surface area contributed by atoms with Gasteiger partial charge in [-0.3, -0.25) is 9.59 Å². The van der Waals surface area contributed by atoms with Crippen LogP contribution in [0.25, 0.3) is 12.2 Å². The van der Waals surface area contributed by atoms with E-state index >= 15 is 0 Å². The van der Waals surface area contributed by atoms with E-state index in [1.165, 1.54) is 45.6 Å². The molecule has 0 heterocycles. The van der Waals surface area contributed by atoms with E-state index in [1.54, 1.807) is 55.7 Å². The van der Waals surface area contributed by atoms with Crippen LogP contribution >= 0.6 is 0 Å². The van der Waals surface area contributed by atoms with Gasteiger partial charge < -0.3 is 29.2 Å². The van der Waals surface area contributed by atoms with Crippen molar-refractivity contribution in [3.8, 4) is 34.5 Å². The molecule has 1 aliphatic rings. The molecule has 218 valence electrons. The van der Waals surface area contributed by atoms with Crippen molar-refractivity contribution in [3.05, 3.63) is 95.6 Å². The van der Waals surface area contributed by atoms with E-state index in [2.05, 4.69) is 0 Å². The Kier molecular flexibility index (Phi) is 9.37. The molecule has 0 aromatic heterocycles. The first kappa shape index (κ1) is 30.0. The number of carbonyl (C=O) groups excluding carboxylic acids is 2. The number of hydrogen-bond acceptors (Lipinski definition) is 8. The monoisotopic (exact) mass is 570 g/mol. The number of phenolic OH excluding ortho intramolecular Hbond substituents is 2. The lowest BCUT2D eigenvalue weighted by Crippen LogP contribution is -2.44. The highest BCUT2D eigenvalue weighted by Crippen LogP contribution is 2.48. The van der Waals surface area contributed by atoms with Gasteiger partial charge in [0.25, 0.3) is 0 Å². The standard InChI is InChI=1S/C34H34O8/c1-39-28-15-12-24(21-31(28)42-4)25-7-5-6-18-34(25,32(37)16-10-22-8-13-26(35)29(19-22)40-2)33(38)17-11-23-9-14-27(36)30(20-23)41-3/h5,7-17,19-21,25,35-36H,6,18H2,1-4H3/b16-10+,17-11+/t25-/m1/s1. The van der Waals surface area contributed by atoms with Gasteiger partial charge in [0.1, 0.15) is 5.41 Å². The summed E-state index contributed by atoms with van der Waals surface area (Å²) in [6, 6.07) is 14.9. The highest BCUT2D eigenvalue weighted by Gasteiger charge is 2.49. The maximum Gasteiger partial charge on any atom is 0.170 e. The molecule has 0 bridgehead atoms. The molecule has 4 rings (SSSR count). The predicted octanol–water partition coefficient (Wildman–Crippen LogP) is 6.12. The topological polar surface area (TPSA) is 112 Å². The van der Waals surface area contributed by atoms with Crippen molar-refractivity contribution in [2.75, 3.05) is 28.4 Å². The fourth-order valence-electron chi connectivity index (χ4n) is 5.22. The minimum Gasteiger partial charge on any atom is -0.504 e. The van der Waals surface area contributed by atoms with E-state index < -0.39 is 11.3 Å². The number of aromatic hydroxyl groups is 2. The summed E-state index contributed by atoms with van der Waals surface area (Å²) in [5, 5.41) is 19.9. The number of benzene rings is 3. The lowest BCUT2D eigenvalue weighted by Gasteiger charge is -2.38. The van der Waals surface area contributed by atoms with Gasteiger partial charge in [-0.1, -0.05) is 42.5 Å². The second-order valence-electron chi connectivity index (χ2n) is 9.79. The highest BCUT2D eigenvalue weighted by atomic mass is 16.5. The van der Waals surface area contributed by atoms with Crippen LogP contribution in [0, 0.1) is 5.41 Å². The van der Waals surface area contributed by atoms with Gasteiger partial charge >= 0.3 is 0 Å². The van der Waals surface area contributed by atoms with Crippen LogP contribution in [-0.4, -0.2) is 50.2 Å². The second kappa shape index (κ2) is 13.1. The Morgan fingerprint density at radius 2 is 1.24 bits per heavy atom. The van der Waals surface area contributed by atoms with E-state index in [1.807, 2.05) is 18.2 Å². The average molecular weight is 571 g/mol. The minimum atomic E-state index is -1.45. The van der Waals surface area contributed by atoms with Crippen molar-refractivity contribution in [1.82, 2.24) is 0 Å². The van der Waals surface area contributed by atoms with Crippen LogP contribution in [0.5, 0.6) is 34.5 Å². The Hall–Kier alpha value is -4.98. The number of hydrogen-bond donors (Lipinski definition) is 2. The SMILES string of the molecule is COc1cc(/C=C/C(=O)C2(C(=O)/C=C/c3ccc(O)c(OC)c3)CCC=C[C@@H]2c2ccc(OC)c(OC)c2)ccc1O. The number of allylic oxidation sites excluding steroid dienone is 4. The summed E-state index contributed by atoms with van der Waals surface area (Å²) in [6.07, 6.45) is 10.7. The Labute approximate surface area is 245 Å². The third kappa shape index (κ3) is 6.02. The van der Waals surface area contributed by atoms with E-state index in [4.69, 9.17) is 18.9 Å². The van der Waals surface area contributed by atoms with Crippen molar-refractivity contribution in [2.45, 2.75) is 18.8 Å². The zero-order valence-corrected chi connectivity index (χ0v) is 24.0. The van der Waals surface area contributed by atoms with Crippen LogP contribution in [0.2, 0.25) is 0 Å². The molecule has 0 unspecified atom stereocenters. The van der Waals surface area contributed by atoms with Crippen LogP contribution in [-0.2, 0) is 9.59 Å². The molecule has 42 heavy (non-hydrogen) atoms. The molecular weight excluding hydrogens is 536 g/mol. The van der Waals surface area contributed by atoms with Gasteiger partial charge in [0.05, 0.1) is 28.4 Å². The van der Waals surface area contributed by atoms with Crippen LogP contribution in [0.1, 0.15) is 35.4 Å². The van der Waals surface area contributed by atoms with E-state index in [9.17, 15) is 19.8 Å². The zero-order valence-electron chi connectivity index (χ0n) is 24.0. The third-order valence-electron chi connectivity index (χ3n) is 7.47. The molecular formula is C34H34O8. The Morgan fingerprint density at radius 1 is 0.714 bits per heavy atom. The molecule has 0 saturated heterocycles. The molecule has 0 aliphatic heterocycles. The van der Waals surface area contributed by atoms with Crippen LogP contribution in [0.3, 0.4) is 0 Å². The van der Waals surface area contributed by atoms with Crippen LogP contribution < -0.4 is 18.9 Å². The van der Waals surface area contributed by atoms with Crippen LogP contribution in [0.15, 0.2) is 78.9 Å². The molecule has 3 aromatic rings. The smallest absolute Gasteiger partial charge is 0.170 e. The largest absolute Gasteiger partial charge is 0.504 e. The molecule has 0 saturated carbocycles. The Bertz CT molecular complexity index is 1470. The molecule has 0 amide bonds. The summed E-state index contributed by atoms with van der Waals surface area (Å²) in [5.41, 5.74) is 0.524. The van der Waals surface area contributed by atoms with Gasteiger partial charge in [-0.25, -0.2) is 0 Å². The van der Waals surface area contributed by atoms with Gasteiger partial charge in [-0.15, -0.1) is 0 Å². The number of ether oxygens (including phenoxy) is 4. The predicted molar refractivity (Wildman–Crippen MR) is 160 cm³/mol. The number of rotatable bonds is 11. The minimum absolute atomic E-state index is 0.0189. The van der Waals surface area contributed by atoms with Gasteiger partial charge in [-0.2, -0.15) is 0 Å². The van der Waals surface area contributed by atoms with E-state index in [0.717, 1.165) is 5.56 Å². The average Bonchev–Trinajstić information content (AvgIpc) is 3.03. The Balaban J connectivity index is 1.80. The maximum atomic E-state index is 14.2. The van der Waals surface area contributed by atoms with Crippen molar-refractivity contribution in [2.24, 2.45) is 5.41 Å². The fourth-order valence-corrected chi connectivity index (χ4v) is 5.22. The Morgan fingerprint density at radius 3 is 1.74 bits per heavy atom. The molecule has 2 N–H and O–H groups in total. The van der Waals surface area contributed by atoms with Gasteiger partial charge in [0.15, 0.2) is 46.1 Å². The molecule has 8 heteroatoms. The number of carbonyl (C=O) groups is 2. The lowest BCUT2D eigenvalue weighted by molar-refractivity contribution is -0.136. The highest BCUT2D eigenvalue weighted by molar-refractivity contribution is 6.18. The van der Waals surface area contributed by atoms with E-state index in [-0.39, 0.29) is 41.0 Å². The molecule has 3 aromatic carbocycles. The third-order valence-corrected chi connectivity index (χ3v) is 7.47. The molecule has 1 aliphatic carbocycles. The van der Waals surface area contributed by atoms with Crippen molar-refractivity contribution in [1.29, 1.82) is 0 Å². The van der Waals surface area contributed by atoms with Gasteiger partial charge in [-0.05, 0) is 78.1 Å². The summed E-state index contributed by atoms with van der Waals surface area (Å²) in [6.45, 7) is 0. The summed E-state index contributed by atoms with van der Waals surface area (Å²) in [7, 11) is 5.96. The maximum absolute atomic E-state index is 14.2. The first-order chi connectivity index (χ1) is 20.3. The quantitative estimate of drug-likeness (QED) is 0.161. The van der Waals surface area contributed by atoms with Gasteiger partial charge in [0.2, 0.25) is 0 Å². The summed E-state index contributed by atoms with van der Waals surface area (Å²) in [4.78, 5) is 28.4. The van der Waals surface area contributed by atoms with Crippen molar-refractivity contribution in [3.63, 3.8) is 0 Å². The van der Waals surface area contributed by atoms with Gasteiger partial charge in [0, 0.05) is 5.92 Å². The molecule has 0 spiro atoms. The zero-order chi connectivity index (χ0) is 30.3. The molecule has 1 atom stereocenters. The molecule has 0 fully saturated rings. The van der Waals surface area contributed by atoms with E-state index in [0.29, 0.717) is 29.0 Å². The first-order valence-electron chi connectivity index (χ1n) is 13.3. The molecule has 0 radical (unpaired) electrons. The lowest BCUT2D eigenvalue weighted by atomic mass is 9.61. The second-order valence-corrected chi connectivity index (χ2v) is 9.79. The number of phenols is 2. The van der Waals surface area contributed by atoms with Crippen molar-refractivity contribution >= 4 is 23.7 Å². The number of ketones is 2.